The molecule has 2 aromatic rings. The third-order valence-corrected chi connectivity index (χ3v) is 5.38. The molecule has 0 radical (unpaired) electrons. The van der Waals surface area contributed by atoms with Crippen molar-refractivity contribution in [2.75, 3.05) is 44.2 Å². The lowest BCUT2D eigenvalue weighted by molar-refractivity contribution is 0.246. The molecule has 130 valence electrons. The van der Waals surface area contributed by atoms with E-state index in [1.807, 2.05) is 35.9 Å². The zero-order chi connectivity index (χ0) is 16.9. The molecule has 1 aromatic heterocycles. The number of anilines is 1. The Bertz CT molecular complexity index is 717. The van der Waals surface area contributed by atoms with Crippen LogP contribution >= 0.6 is 11.3 Å². The van der Waals surface area contributed by atoms with Crippen LogP contribution < -0.4 is 14.5 Å². The van der Waals surface area contributed by atoms with Crippen LogP contribution in [0.2, 0.25) is 0 Å². The van der Waals surface area contributed by atoms with Crippen LogP contribution in [0.5, 0.6) is 5.75 Å². The van der Waals surface area contributed by atoms with Crippen LogP contribution in [-0.4, -0.2) is 48.8 Å². The standard InChI is InChI=1S/C18H25N3O2S/c1-3-23-17-7-5-4-6-16(17)20-11-8-19(9-12-20)10-13-21-15(2)14-24-18(21)22/h4-7,14H,3,8-13H2,1-2H3. The van der Waals surface area contributed by atoms with Crippen molar-refractivity contribution in [1.82, 2.24) is 9.47 Å². The fourth-order valence-electron chi connectivity index (χ4n) is 3.12. The summed E-state index contributed by atoms with van der Waals surface area (Å²) in [6.07, 6.45) is 0. The Kier molecular flexibility index (Phi) is 5.58. The van der Waals surface area contributed by atoms with Gasteiger partial charge in [-0.3, -0.25) is 9.69 Å². The molecule has 24 heavy (non-hydrogen) atoms. The Morgan fingerprint density at radius 1 is 1.12 bits per heavy atom. The summed E-state index contributed by atoms with van der Waals surface area (Å²) in [6, 6.07) is 8.26. The molecule has 0 unspecified atom stereocenters. The Labute approximate surface area is 147 Å². The van der Waals surface area contributed by atoms with Crippen LogP contribution in [0.1, 0.15) is 12.6 Å². The first-order valence-corrected chi connectivity index (χ1v) is 9.41. The molecule has 0 saturated carbocycles. The molecule has 1 aliphatic heterocycles. The Morgan fingerprint density at radius 2 is 1.88 bits per heavy atom. The molecule has 1 aromatic carbocycles. The Balaban J connectivity index is 1.55. The minimum absolute atomic E-state index is 0.150. The van der Waals surface area contributed by atoms with Gasteiger partial charge in [0.15, 0.2) is 0 Å². The second-order valence-corrected chi connectivity index (χ2v) is 6.84. The molecule has 1 saturated heterocycles. The smallest absolute Gasteiger partial charge is 0.307 e. The molecule has 0 bridgehead atoms. The highest BCUT2D eigenvalue weighted by atomic mass is 32.1. The van der Waals surface area contributed by atoms with Crippen LogP contribution in [0.4, 0.5) is 5.69 Å². The van der Waals surface area contributed by atoms with Crippen molar-refractivity contribution in [3.63, 3.8) is 0 Å². The van der Waals surface area contributed by atoms with E-state index in [0.29, 0.717) is 6.61 Å². The molecular formula is C18H25N3O2S. The lowest BCUT2D eigenvalue weighted by Gasteiger charge is -2.36. The van der Waals surface area contributed by atoms with E-state index in [0.717, 1.165) is 50.7 Å². The third kappa shape index (κ3) is 3.82. The van der Waals surface area contributed by atoms with E-state index in [9.17, 15) is 4.79 Å². The number of aryl methyl sites for hydroxylation is 1. The first kappa shape index (κ1) is 17.0. The van der Waals surface area contributed by atoms with Gasteiger partial charge in [-0.2, -0.15) is 0 Å². The summed E-state index contributed by atoms with van der Waals surface area (Å²) in [5, 5.41) is 1.94. The van der Waals surface area contributed by atoms with Gasteiger partial charge >= 0.3 is 4.87 Å². The van der Waals surface area contributed by atoms with Crippen LogP contribution in [-0.2, 0) is 6.54 Å². The Morgan fingerprint density at radius 3 is 2.54 bits per heavy atom. The zero-order valence-electron chi connectivity index (χ0n) is 14.4. The molecule has 1 fully saturated rings. The average molecular weight is 347 g/mol. The number of thiazole rings is 1. The first-order valence-electron chi connectivity index (χ1n) is 8.53. The van der Waals surface area contributed by atoms with E-state index in [4.69, 9.17) is 4.74 Å². The summed E-state index contributed by atoms with van der Waals surface area (Å²) in [5.74, 6) is 0.967. The third-order valence-electron chi connectivity index (χ3n) is 4.49. The van der Waals surface area contributed by atoms with Gasteiger partial charge in [-0.15, -0.1) is 0 Å². The maximum Gasteiger partial charge on any atom is 0.307 e. The number of ether oxygens (including phenoxy) is 1. The maximum absolute atomic E-state index is 11.8. The second kappa shape index (κ2) is 7.85. The summed E-state index contributed by atoms with van der Waals surface area (Å²) in [7, 11) is 0. The van der Waals surface area contributed by atoms with E-state index in [1.165, 1.54) is 17.0 Å². The SMILES string of the molecule is CCOc1ccccc1N1CCN(CCn2c(C)csc2=O)CC1. The quantitative estimate of drug-likeness (QED) is 0.804. The summed E-state index contributed by atoms with van der Waals surface area (Å²) in [6.45, 7) is 10.4. The van der Waals surface area contributed by atoms with Gasteiger partial charge in [-0.25, -0.2) is 0 Å². The predicted octanol–water partition coefficient (Wildman–Crippen LogP) is 2.44. The number of para-hydroxylation sites is 2. The van der Waals surface area contributed by atoms with Crippen LogP contribution in [0, 0.1) is 6.92 Å². The molecule has 0 atom stereocenters. The Hall–Kier alpha value is -1.79. The van der Waals surface area contributed by atoms with Gasteiger partial charge in [0.2, 0.25) is 0 Å². The normalized spacial score (nSPS) is 15.7. The van der Waals surface area contributed by atoms with Crippen molar-refractivity contribution in [3.8, 4) is 5.75 Å². The second-order valence-electron chi connectivity index (χ2n) is 6.02. The van der Waals surface area contributed by atoms with E-state index >= 15 is 0 Å². The number of aromatic nitrogens is 1. The number of benzene rings is 1. The van der Waals surface area contributed by atoms with Gasteiger partial charge in [0, 0.05) is 50.3 Å². The van der Waals surface area contributed by atoms with Gasteiger partial charge < -0.3 is 14.2 Å². The molecule has 0 spiro atoms. The number of piperazine rings is 1. The van der Waals surface area contributed by atoms with Crippen molar-refractivity contribution in [2.45, 2.75) is 20.4 Å². The fraction of sp³-hybridized carbons (Fsp3) is 0.500. The molecule has 5 nitrogen and oxygen atoms in total. The van der Waals surface area contributed by atoms with E-state index in [-0.39, 0.29) is 4.87 Å². The molecule has 0 aliphatic carbocycles. The highest BCUT2D eigenvalue weighted by Gasteiger charge is 2.19. The molecule has 0 amide bonds. The largest absolute Gasteiger partial charge is 0.492 e. The average Bonchev–Trinajstić information content (AvgIpc) is 2.93. The number of nitrogens with zero attached hydrogens (tertiary/aromatic N) is 3. The predicted molar refractivity (Wildman–Crippen MR) is 99.6 cm³/mol. The van der Waals surface area contributed by atoms with Gasteiger partial charge in [-0.1, -0.05) is 23.5 Å². The van der Waals surface area contributed by atoms with Crippen molar-refractivity contribution >= 4 is 17.0 Å². The fourth-order valence-corrected chi connectivity index (χ4v) is 3.89. The minimum Gasteiger partial charge on any atom is -0.492 e. The van der Waals surface area contributed by atoms with Crippen LogP contribution in [0.3, 0.4) is 0 Å². The highest BCUT2D eigenvalue weighted by molar-refractivity contribution is 7.07. The van der Waals surface area contributed by atoms with Gasteiger partial charge in [-0.05, 0) is 26.0 Å². The van der Waals surface area contributed by atoms with Crippen molar-refractivity contribution in [1.29, 1.82) is 0 Å². The number of hydrogen-bond acceptors (Lipinski definition) is 5. The topological polar surface area (TPSA) is 37.7 Å². The van der Waals surface area contributed by atoms with Crippen molar-refractivity contribution in [3.05, 3.63) is 45.0 Å². The minimum atomic E-state index is 0.150. The summed E-state index contributed by atoms with van der Waals surface area (Å²) >= 11 is 1.29. The summed E-state index contributed by atoms with van der Waals surface area (Å²) in [5.41, 5.74) is 2.25. The molecule has 3 rings (SSSR count). The molecule has 6 heteroatoms. The monoisotopic (exact) mass is 347 g/mol. The first-order chi connectivity index (χ1) is 11.7. The van der Waals surface area contributed by atoms with E-state index in [1.54, 1.807) is 0 Å². The highest BCUT2D eigenvalue weighted by Crippen LogP contribution is 2.28. The van der Waals surface area contributed by atoms with Crippen LogP contribution in [0.15, 0.2) is 34.4 Å². The number of rotatable bonds is 6. The van der Waals surface area contributed by atoms with Crippen molar-refractivity contribution < 1.29 is 4.74 Å². The van der Waals surface area contributed by atoms with Gasteiger partial charge in [0.1, 0.15) is 5.75 Å². The molecular weight excluding hydrogens is 322 g/mol. The van der Waals surface area contributed by atoms with Crippen molar-refractivity contribution in [2.24, 2.45) is 0 Å². The molecule has 2 heterocycles. The maximum atomic E-state index is 11.8. The van der Waals surface area contributed by atoms with E-state index in [2.05, 4.69) is 21.9 Å². The van der Waals surface area contributed by atoms with Gasteiger partial charge in [0.25, 0.3) is 0 Å². The summed E-state index contributed by atoms with van der Waals surface area (Å²) in [4.78, 5) is 16.8. The molecule has 1 aliphatic rings. The molecule has 0 N–H and O–H groups in total. The van der Waals surface area contributed by atoms with E-state index < -0.39 is 0 Å². The van der Waals surface area contributed by atoms with Crippen LogP contribution in [0.25, 0.3) is 0 Å². The zero-order valence-corrected chi connectivity index (χ0v) is 15.2. The number of hydrogen-bond donors (Lipinski definition) is 0. The summed E-state index contributed by atoms with van der Waals surface area (Å²) < 4.78 is 7.62. The lowest BCUT2D eigenvalue weighted by Crippen LogP contribution is -2.47. The van der Waals surface area contributed by atoms with Gasteiger partial charge in [0.05, 0.1) is 12.3 Å². The lowest BCUT2D eigenvalue weighted by atomic mass is 10.2.